The molecule has 120 valence electrons. The second kappa shape index (κ2) is 6.40. The molecule has 0 aromatic carbocycles. The molecule has 0 radical (unpaired) electrons. The van der Waals surface area contributed by atoms with E-state index in [4.69, 9.17) is 0 Å². The highest BCUT2D eigenvalue weighted by Gasteiger charge is 2.53. The third-order valence-electron chi connectivity index (χ3n) is 4.82. The molecule has 0 atom stereocenters. The van der Waals surface area contributed by atoms with Crippen molar-refractivity contribution in [2.45, 2.75) is 53.6 Å². The maximum absolute atomic E-state index is 4.57. The Labute approximate surface area is 149 Å². The summed E-state index contributed by atoms with van der Waals surface area (Å²) in [5, 5.41) is 4.57. The fourth-order valence-corrected chi connectivity index (χ4v) is 3.34. The van der Waals surface area contributed by atoms with E-state index in [2.05, 4.69) is 61.7 Å². The van der Waals surface area contributed by atoms with Gasteiger partial charge in [-0.15, -0.1) is 35.3 Å². The molecule has 0 saturated carbocycles. The molecule has 2 heterocycles. The number of guanidine groups is 1. The van der Waals surface area contributed by atoms with Crippen molar-refractivity contribution in [3.63, 3.8) is 0 Å². The first kappa shape index (κ1) is 18.7. The molecule has 0 bridgehead atoms. The van der Waals surface area contributed by atoms with Gasteiger partial charge in [0.25, 0.3) is 0 Å². The number of nitrogens with one attached hydrogen (secondary N) is 1. The van der Waals surface area contributed by atoms with E-state index in [1.165, 1.54) is 4.88 Å². The first-order valence-electron chi connectivity index (χ1n) is 7.10. The van der Waals surface area contributed by atoms with Crippen LogP contribution in [0.1, 0.15) is 43.3 Å². The third-order valence-corrected chi connectivity index (χ3v) is 5.90. The van der Waals surface area contributed by atoms with Crippen molar-refractivity contribution in [3.05, 3.63) is 15.6 Å². The van der Waals surface area contributed by atoms with Gasteiger partial charge in [0.1, 0.15) is 5.01 Å². The zero-order chi connectivity index (χ0) is 15.1. The number of likely N-dealkylation sites (tertiary alicyclic amines) is 1. The van der Waals surface area contributed by atoms with E-state index < -0.39 is 0 Å². The maximum Gasteiger partial charge on any atom is 0.194 e. The quantitative estimate of drug-likeness (QED) is 0.450. The Bertz CT molecular complexity index is 514. The second-order valence-electron chi connectivity index (χ2n) is 6.68. The van der Waals surface area contributed by atoms with Crippen LogP contribution in [0.25, 0.3) is 0 Å². The molecule has 1 aliphatic heterocycles. The van der Waals surface area contributed by atoms with Crippen LogP contribution in [0.3, 0.4) is 0 Å². The summed E-state index contributed by atoms with van der Waals surface area (Å²) in [4.78, 5) is 12.6. The molecule has 1 aromatic rings. The fraction of sp³-hybridized carbons (Fsp3) is 0.733. The third kappa shape index (κ3) is 3.36. The molecule has 4 nitrogen and oxygen atoms in total. The standard InChI is InChI=1S/C15H26N4S.HI/c1-10-11(2)20-12(18-10)8-17-13(16-7)19-9-14(3,4)15(19,5)6;/h8-9H2,1-7H3,(H,16,17);1H. The fourth-order valence-electron chi connectivity index (χ4n) is 2.46. The molecular formula is C15H27IN4S. The van der Waals surface area contributed by atoms with Gasteiger partial charge in [-0.3, -0.25) is 4.99 Å². The van der Waals surface area contributed by atoms with Crippen molar-refractivity contribution in [2.75, 3.05) is 13.6 Å². The summed E-state index contributed by atoms with van der Waals surface area (Å²) in [6.07, 6.45) is 0. The number of thiazole rings is 1. The molecule has 0 amide bonds. The molecule has 0 unspecified atom stereocenters. The number of nitrogens with zero attached hydrogens (tertiary/aromatic N) is 3. The van der Waals surface area contributed by atoms with Crippen molar-refractivity contribution < 1.29 is 0 Å². The highest BCUT2D eigenvalue weighted by Crippen LogP contribution is 2.46. The van der Waals surface area contributed by atoms with E-state index in [0.29, 0.717) is 5.41 Å². The van der Waals surface area contributed by atoms with Gasteiger partial charge in [-0.1, -0.05) is 13.8 Å². The minimum atomic E-state index is 0. The SMILES string of the molecule is CN=C(NCc1nc(C)c(C)s1)N1CC(C)(C)C1(C)C.I. The lowest BCUT2D eigenvalue weighted by Crippen LogP contribution is -2.72. The number of rotatable bonds is 2. The highest BCUT2D eigenvalue weighted by molar-refractivity contribution is 14.0. The summed E-state index contributed by atoms with van der Waals surface area (Å²) in [5.74, 6) is 0.972. The predicted octanol–water partition coefficient (Wildman–Crippen LogP) is 3.57. The zero-order valence-electron chi connectivity index (χ0n) is 14.1. The summed E-state index contributed by atoms with van der Waals surface area (Å²) in [7, 11) is 1.85. The van der Waals surface area contributed by atoms with Gasteiger partial charge in [0.2, 0.25) is 0 Å². The first-order chi connectivity index (χ1) is 9.19. The predicted molar refractivity (Wildman–Crippen MR) is 102 cm³/mol. The first-order valence-corrected chi connectivity index (χ1v) is 7.92. The van der Waals surface area contributed by atoms with E-state index in [1.807, 2.05) is 7.05 Å². The Morgan fingerprint density at radius 1 is 1.33 bits per heavy atom. The van der Waals surface area contributed by atoms with Crippen LogP contribution in [0.4, 0.5) is 0 Å². The number of aromatic nitrogens is 1. The molecule has 1 N–H and O–H groups in total. The zero-order valence-corrected chi connectivity index (χ0v) is 17.2. The molecule has 0 spiro atoms. The molecule has 1 saturated heterocycles. The Morgan fingerprint density at radius 3 is 2.33 bits per heavy atom. The van der Waals surface area contributed by atoms with Crippen molar-refractivity contribution in [2.24, 2.45) is 10.4 Å². The number of hydrogen-bond donors (Lipinski definition) is 1. The smallest absolute Gasteiger partial charge is 0.194 e. The molecule has 0 aliphatic carbocycles. The van der Waals surface area contributed by atoms with Crippen LogP contribution in [0, 0.1) is 19.3 Å². The average Bonchev–Trinajstić information content (AvgIpc) is 2.68. The van der Waals surface area contributed by atoms with Gasteiger partial charge in [-0.2, -0.15) is 0 Å². The van der Waals surface area contributed by atoms with Crippen LogP contribution in [-0.2, 0) is 6.54 Å². The Morgan fingerprint density at radius 2 is 1.95 bits per heavy atom. The Hall–Kier alpha value is -0.370. The van der Waals surface area contributed by atoms with Gasteiger partial charge in [-0.25, -0.2) is 4.98 Å². The van der Waals surface area contributed by atoms with Crippen molar-refractivity contribution in [1.29, 1.82) is 0 Å². The molecule has 1 fully saturated rings. The van der Waals surface area contributed by atoms with Crippen LogP contribution in [0.2, 0.25) is 0 Å². The minimum Gasteiger partial charge on any atom is -0.350 e. The Balaban J connectivity index is 0.00000220. The lowest BCUT2D eigenvalue weighted by Gasteiger charge is -2.62. The number of aliphatic imine (C=N–C) groups is 1. The van der Waals surface area contributed by atoms with Crippen molar-refractivity contribution >= 4 is 41.3 Å². The highest BCUT2D eigenvalue weighted by atomic mass is 127. The van der Waals surface area contributed by atoms with Gasteiger partial charge in [0, 0.05) is 29.4 Å². The largest absolute Gasteiger partial charge is 0.350 e. The van der Waals surface area contributed by atoms with Gasteiger partial charge in [0.05, 0.1) is 12.2 Å². The van der Waals surface area contributed by atoms with Gasteiger partial charge in [-0.05, 0) is 27.7 Å². The molecule has 1 aliphatic rings. The molecule has 6 heteroatoms. The summed E-state index contributed by atoms with van der Waals surface area (Å²) in [6.45, 7) is 15.1. The summed E-state index contributed by atoms with van der Waals surface area (Å²) in [5.41, 5.74) is 1.58. The summed E-state index contributed by atoms with van der Waals surface area (Å²) < 4.78 is 0. The van der Waals surface area contributed by atoms with E-state index in [9.17, 15) is 0 Å². The summed E-state index contributed by atoms with van der Waals surface area (Å²) >= 11 is 1.76. The topological polar surface area (TPSA) is 40.5 Å². The lowest BCUT2D eigenvalue weighted by atomic mass is 9.65. The van der Waals surface area contributed by atoms with Gasteiger partial charge in [0.15, 0.2) is 5.96 Å². The van der Waals surface area contributed by atoms with E-state index in [1.54, 1.807) is 11.3 Å². The van der Waals surface area contributed by atoms with Crippen LogP contribution >= 0.6 is 35.3 Å². The second-order valence-corrected chi connectivity index (χ2v) is 7.97. The van der Waals surface area contributed by atoms with Crippen molar-refractivity contribution in [3.8, 4) is 0 Å². The van der Waals surface area contributed by atoms with Crippen LogP contribution in [0.5, 0.6) is 0 Å². The molecular weight excluding hydrogens is 395 g/mol. The normalized spacial score (nSPS) is 19.8. The number of aryl methyl sites for hydroxylation is 2. The number of hydrogen-bond acceptors (Lipinski definition) is 3. The summed E-state index contributed by atoms with van der Waals surface area (Å²) in [6, 6.07) is 0. The maximum atomic E-state index is 4.57. The molecule has 1 aromatic heterocycles. The van der Waals surface area contributed by atoms with Crippen molar-refractivity contribution in [1.82, 2.24) is 15.2 Å². The lowest BCUT2D eigenvalue weighted by molar-refractivity contribution is -0.0667. The Kier molecular flexibility index (Phi) is 5.69. The molecule has 21 heavy (non-hydrogen) atoms. The molecule has 2 rings (SSSR count). The van der Waals surface area contributed by atoms with E-state index in [-0.39, 0.29) is 29.5 Å². The monoisotopic (exact) mass is 422 g/mol. The van der Waals surface area contributed by atoms with Crippen LogP contribution in [0.15, 0.2) is 4.99 Å². The van der Waals surface area contributed by atoms with E-state index in [0.717, 1.165) is 29.8 Å². The van der Waals surface area contributed by atoms with Crippen LogP contribution < -0.4 is 5.32 Å². The number of halogens is 1. The average molecular weight is 422 g/mol. The van der Waals surface area contributed by atoms with Gasteiger partial charge >= 0.3 is 0 Å². The minimum absolute atomic E-state index is 0. The van der Waals surface area contributed by atoms with E-state index >= 15 is 0 Å². The van der Waals surface area contributed by atoms with Crippen LogP contribution in [-0.4, -0.2) is 35.0 Å². The van der Waals surface area contributed by atoms with Gasteiger partial charge < -0.3 is 10.2 Å².